The number of pyridine rings is 1. The number of fused-ring (bicyclic) bond motifs is 1. The summed E-state index contributed by atoms with van der Waals surface area (Å²) in [6.45, 7) is 3.30. The first-order valence-electron chi connectivity index (χ1n) is 9.87. The molecule has 0 fully saturated rings. The summed E-state index contributed by atoms with van der Waals surface area (Å²) in [4.78, 5) is 29.4. The molecule has 0 radical (unpaired) electrons. The highest BCUT2D eigenvalue weighted by Gasteiger charge is 2.20. The lowest BCUT2D eigenvalue weighted by Crippen LogP contribution is -2.15. The van der Waals surface area contributed by atoms with Crippen LogP contribution >= 0.6 is 23.2 Å². The zero-order chi connectivity index (χ0) is 22.8. The van der Waals surface area contributed by atoms with Crippen molar-refractivity contribution in [3.8, 4) is 11.3 Å². The maximum Gasteiger partial charge on any atom is 0.256 e. The zero-order valence-corrected chi connectivity index (χ0v) is 18.9. The summed E-state index contributed by atoms with van der Waals surface area (Å²) in [6.07, 6.45) is 0. The van der Waals surface area contributed by atoms with E-state index in [0.29, 0.717) is 49.3 Å². The maximum absolute atomic E-state index is 13.4. The van der Waals surface area contributed by atoms with Crippen molar-refractivity contribution in [2.75, 3.05) is 10.6 Å². The van der Waals surface area contributed by atoms with E-state index in [4.69, 9.17) is 28.2 Å². The molecular weight excluding hydrogens is 445 g/mol. The number of halogens is 2. The summed E-state index contributed by atoms with van der Waals surface area (Å²) in [5.41, 5.74) is 4.49. The van der Waals surface area contributed by atoms with E-state index in [1.165, 1.54) is 6.92 Å². The van der Waals surface area contributed by atoms with Crippen LogP contribution in [0.2, 0.25) is 10.0 Å². The Morgan fingerprint density at radius 3 is 2.19 bits per heavy atom. The van der Waals surface area contributed by atoms with E-state index in [0.717, 1.165) is 5.39 Å². The van der Waals surface area contributed by atoms with Crippen molar-refractivity contribution in [2.24, 2.45) is 0 Å². The second kappa shape index (κ2) is 8.99. The monoisotopic (exact) mass is 463 g/mol. The molecule has 4 aromatic rings. The van der Waals surface area contributed by atoms with E-state index in [-0.39, 0.29) is 11.8 Å². The molecule has 7 heteroatoms. The number of benzene rings is 3. The van der Waals surface area contributed by atoms with Gasteiger partial charge in [0.1, 0.15) is 0 Å². The molecule has 0 aliphatic carbocycles. The van der Waals surface area contributed by atoms with Crippen LogP contribution in [-0.2, 0) is 4.79 Å². The maximum atomic E-state index is 13.4. The third-order valence-corrected chi connectivity index (χ3v) is 5.56. The van der Waals surface area contributed by atoms with Crippen LogP contribution in [-0.4, -0.2) is 16.8 Å². The van der Waals surface area contributed by atoms with Gasteiger partial charge in [0.2, 0.25) is 5.91 Å². The van der Waals surface area contributed by atoms with Gasteiger partial charge in [0, 0.05) is 34.3 Å². The highest BCUT2D eigenvalue weighted by molar-refractivity contribution is 6.36. The van der Waals surface area contributed by atoms with Crippen LogP contribution in [0.3, 0.4) is 0 Å². The normalized spacial score (nSPS) is 10.8. The van der Waals surface area contributed by atoms with Crippen LogP contribution in [0.15, 0.2) is 66.7 Å². The Balaban J connectivity index is 1.78. The molecule has 0 saturated heterocycles. The van der Waals surface area contributed by atoms with Crippen molar-refractivity contribution < 1.29 is 9.59 Å². The molecular formula is C25H19Cl2N3O2. The number of rotatable bonds is 4. The number of nitrogens with zero attached hydrogens (tertiary/aromatic N) is 1. The summed E-state index contributed by atoms with van der Waals surface area (Å²) in [7, 11) is 0. The molecule has 160 valence electrons. The predicted octanol–water partition coefficient (Wildman–Crippen LogP) is 6.73. The first kappa shape index (κ1) is 21.8. The van der Waals surface area contributed by atoms with Gasteiger partial charge in [-0.1, -0.05) is 41.4 Å². The molecule has 1 heterocycles. The molecule has 0 aliphatic rings. The number of hydrogen-bond acceptors (Lipinski definition) is 3. The van der Waals surface area contributed by atoms with E-state index in [9.17, 15) is 9.59 Å². The minimum absolute atomic E-state index is 0.158. The zero-order valence-electron chi connectivity index (χ0n) is 17.4. The summed E-state index contributed by atoms with van der Waals surface area (Å²) < 4.78 is 0. The Hall–Kier alpha value is -3.41. The van der Waals surface area contributed by atoms with Crippen molar-refractivity contribution in [1.82, 2.24) is 4.98 Å². The first-order valence-corrected chi connectivity index (χ1v) is 10.6. The summed E-state index contributed by atoms with van der Waals surface area (Å²) >= 11 is 12.5. The number of aromatic nitrogens is 1. The van der Waals surface area contributed by atoms with Crippen molar-refractivity contribution in [2.45, 2.75) is 13.8 Å². The lowest BCUT2D eigenvalue weighted by atomic mass is 9.97. The fourth-order valence-corrected chi connectivity index (χ4v) is 4.08. The second-order valence-electron chi connectivity index (χ2n) is 7.31. The van der Waals surface area contributed by atoms with Gasteiger partial charge in [0.15, 0.2) is 0 Å². The van der Waals surface area contributed by atoms with Crippen molar-refractivity contribution >= 4 is 57.3 Å². The molecule has 2 amide bonds. The van der Waals surface area contributed by atoms with Crippen LogP contribution in [0.4, 0.5) is 11.4 Å². The number of carbonyl (C=O) groups excluding carboxylic acids is 2. The molecule has 2 N–H and O–H groups in total. The Kier molecular flexibility index (Phi) is 6.12. The minimum Gasteiger partial charge on any atom is -0.326 e. The molecule has 0 atom stereocenters. The van der Waals surface area contributed by atoms with E-state index >= 15 is 0 Å². The standard InChI is InChI=1S/C25H19Cl2N3O2/c1-14-23(25(32)29-18-10-8-17(9-11-18)28-15(2)31)20-5-3-4-6-22(20)30-24(14)19-12-7-16(26)13-21(19)27/h3-13H,1-2H3,(H,28,31)(H,29,32). The fraction of sp³-hybridized carbons (Fsp3) is 0.0800. The number of hydrogen-bond donors (Lipinski definition) is 2. The van der Waals surface area contributed by atoms with E-state index in [2.05, 4.69) is 10.6 Å². The lowest BCUT2D eigenvalue weighted by Gasteiger charge is -2.16. The van der Waals surface area contributed by atoms with Crippen LogP contribution in [0.1, 0.15) is 22.8 Å². The molecule has 0 saturated carbocycles. The molecule has 32 heavy (non-hydrogen) atoms. The fourth-order valence-electron chi connectivity index (χ4n) is 3.58. The topological polar surface area (TPSA) is 71.1 Å². The number of nitrogens with one attached hydrogen (secondary N) is 2. The lowest BCUT2D eigenvalue weighted by molar-refractivity contribution is -0.114. The van der Waals surface area contributed by atoms with Crippen LogP contribution < -0.4 is 10.6 Å². The smallest absolute Gasteiger partial charge is 0.256 e. The predicted molar refractivity (Wildman–Crippen MR) is 131 cm³/mol. The SMILES string of the molecule is CC(=O)Nc1ccc(NC(=O)c2c(C)c(-c3ccc(Cl)cc3Cl)nc3ccccc23)cc1. The minimum atomic E-state index is -0.264. The highest BCUT2D eigenvalue weighted by Crippen LogP contribution is 2.35. The van der Waals surface area contributed by atoms with Crippen molar-refractivity contribution in [1.29, 1.82) is 0 Å². The largest absolute Gasteiger partial charge is 0.326 e. The van der Waals surface area contributed by atoms with Gasteiger partial charge >= 0.3 is 0 Å². The van der Waals surface area contributed by atoms with Crippen LogP contribution in [0.5, 0.6) is 0 Å². The third-order valence-electron chi connectivity index (χ3n) is 5.01. The van der Waals surface area contributed by atoms with E-state index in [1.807, 2.05) is 31.2 Å². The molecule has 0 bridgehead atoms. The molecule has 5 nitrogen and oxygen atoms in total. The summed E-state index contributed by atoms with van der Waals surface area (Å²) in [6, 6.07) is 19.6. The molecule has 1 aromatic heterocycles. The Morgan fingerprint density at radius 2 is 1.53 bits per heavy atom. The average Bonchev–Trinajstić information content (AvgIpc) is 2.74. The van der Waals surface area contributed by atoms with Crippen molar-refractivity contribution in [3.05, 3.63) is 87.9 Å². The van der Waals surface area contributed by atoms with Gasteiger partial charge in [0.25, 0.3) is 5.91 Å². The van der Waals surface area contributed by atoms with Gasteiger partial charge in [-0.25, -0.2) is 4.98 Å². The van der Waals surface area contributed by atoms with E-state index < -0.39 is 0 Å². The summed E-state index contributed by atoms with van der Waals surface area (Å²) in [5.74, 6) is -0.422. The number of anilines is 2. The Bertz CT molecular complexity index is 1350. The molecule has 0 aliphatic heterocycles. The number of para-hydroxylation sites is 1. The third kappa shape index (κ3) is 4.44. The molecule has 4 rings (SSSR count). The molecule has 0 unspecified atom stereocenters. The quantitative estimate of drug-likeness (QED) is 0.352. The summed E-state index contributed by atoms with van der Waals surface area (Å²) in [5, 5.41) is 7.37. The highest BCUT2D eigenvalue weighted by atomic mass is 35.5. The van der Waals surface area contributed by atoms with Gasteiger partial charge in [-0.3, -0.25) is 9.59 Å². The molecule has 0 spiro atoms. The van der Waals surface area contributed by atoms with Gasteiger partial charge in [-0.2, -0.15) is 0 Å². The molecule has 3 aromatic carbocycles. The second-order valence-corrected chi connectivity index (χ2v) is 8.16. The Morgan fingerprint density at radius 1 is 0.875 bits per heavy atom. The van der Waals surface area contributed by atoms with Gasteiger partial charge in [-0.05, 0) is 61.0 Å². The van der Waals surface area contributed by atoms with Crippen LogP contribution in [0.25, 0.3) is 22.2 Å². The van der Waals surface area contributed by atoms with Crippen molar-refractivity contribution in [3.63, 3.8) is 0 Å². The first-order chi connectivity index (χ1) is 15.3. The van der Waals surface area contributed by atoms with Crippen LogP contribution in [0, 0.1) is 6.92 Å². The average molecular weight is 464 g/mol. The van der Waals surface area contributed by atoms with Gasteiger partial charge in [-0.15, -0.1) is 0 Å². The number of carbonyl (C=O) groups is 2. The van der Waals surface area contributed by atoms with Gasteiger partial charge < -0.3 is 10.6 Å². The number of amides is 2. The Labute approximate surface area is 195 Å². The van der Waals surface area contributed by atoms with Gasteiger partial charge in [0.05, 0.1) is 21.8 Å². The van der Waals surface area contributed by atoms with E-state index in [1.54, 1.807) is 42.5 Å².